The van der Waals surface area contributed by atoms with Gasteiger partial charge in [-0.1, -0.05) is 0 Å². The summed E-state index contributed by atoms with van der Waals surface area (Å²) >= 11 is 0.121. The van der Waals surface area contributed by atoms with Crippen molar-refractivity contribution in [2.45, 2.75) is 25.2 Å². The third kappa shape index (κ3) is 1.64. The van der Waals surface area contributed by atoms with Gasteiger partial charge in [0, 0.05) is 0 Å². The maximum atomic E-state index is 12.7. The van der Waals surface area contributed by atoms with Crippen molar-refractivity contribution in [3.8, 4) is 0 Å². The molecule has 0 saturated heterocycles. The summed E-state index contributed by atoms with van der Waals surface area (Å²) in [6.45, 7) is 2.00. The molecule has 18 heavy (non-hydrogen) atoms. The molecule has 3 rings (SSSR count). The van der Waals surface area contributed by atoms with Crippen molar-refractivity contribution < 1.29 is 4.79 Å². The summed E-state index contributed by atoms with van der Waals surface area (Å²) in [6.07, 6.45) is 1.75. The summed E-state index contributed by atoms with van der Waals surface area (Å²) in [5, 5.41) is 0. The van der Waals surface area contributed by atoms with Crippen LogP contribution in [0.5, 0.6) is 0 Å². The molecule has 1 aromatic heterocycles. The Balaban J connectivity index is 2.09. The molecule has 0 aliphatic heterocycles. The summed E-state index contributed by atoms with van der Waals surface area (Å²) in [5.74, 6) is 0.185. The van der Waals surface area contributed by atoms with E-state index in [9.17, 15) is 4.79 Å². The Morgan fingerprint density at radius 2 is 2.17 bits per heavy atom. The van der Waals surface area contributed by atoms with Crippen molar-refractivity contribution in [2.75, 3.05) is 5.73 Å². The van der Waals surface area contributed by atoms with E-state index in [0.29, 0.717) is 4.69 Å². The van der Waals surface area contributed by atoms with E-state index in [1.165, 1.54) is 0 Å². The first kappa shape index (κ1) is 11.7. The molecule has 2 N–H and O–H groups in total. The van der Waals surface area contributed by atoms with Gasteiger partial charge in [0.2, 0.25) is 0 Å². The van der Waals surface area contributed by atoms with E-state index >= 15 is 0 Å². The van der Waals surface area contributed by atoms with Gasteiger partial charge in [0.1, 0.15) is 0 Å². The third-order valence-corrected chi connectivity index (χ3v) is 5.16. The first-order valence-corrected chi connectivity index (χ1v) is 7.80. The van der Waals surface area contributed by atoms with E-state index < -0.39 is 5.41 Å². The molecule has 1 unspecified atom stereocenters. The van der Waals surface area contributed by atoms with Gasteiger partial charge in [0.15, 0.2) is 0 Å². The number of hydrogen-bond donors (Lipinski definition) is 1. The minimum absolute atomic E-state index is 0.121. The molecule has 2 aromatic rings. The Morgan fingerprint density at radius 1 is 1.39 bits per heavy atom. The van der Waals surface area contributed by atoms with Gasteiger partial charge < -0.3 is 0 Å². The number of aryl methyl sites for hydroxylation is 1. The van der Waals surface area contributed by atoms with E-state index in [2.05, 4.69) is 4.98 Å². The van der Waals surface area contributed by atoms with E-state index in [4.69, 9.17) is 5.73 Å². The third-order valence-electron chi connectivity index (χ3n) is 3.74. The molecule has 1 aliphatic carbocycles. The Hall–Kier alpha value is -1.38. The molecule has 1 aromatic carbocycles. The number of carbonyl (C=O) groups excluding carboxylic acids is 1. The van der Waals surface area contributed by atoms with E-state index in [-0.39, 0.29) is 20.3 Å². The Bertz CT molecular complexity index is 620. The van der Waals surface area contributed by atoms with Crippen LogP contribution < -0.4 is 5.73 Å². The fourth-order valence-electron chi connectivity index (χ4n) is 2.54. The second-order valence-corrected chi connectivity index (χ2v) is 6.76. The van der Waals surface area contributed by atoms with E-state index in [1.54, 1.807) is 0 Å². The number of Topliss-reactive ketones (excluding diaryl/α,β-unsaturated/α-hetero) is 1. The Labute approximate surface area is 112 Å². The predicted octanol–water partition coefficient (Wildman–Crippen LogP) is 1.81. The number of hydrogen-bond acceptors (Lipinski definition) is 3. The summed E-state index contributed by atoms with van der Waals surface area (Å²) in [7, 11) is 0. The number of benzene rings is 1. The second-order valence-electron chi connectivity index (χ2n) is 4.89. The average molecular weight is 305 g/mol. The second kappa shape index (κ2) is 4.08. The summed E-state index contributed by atoms with van der Waals surface area (Å²) in [6, 6.07) is 7.87. The number of fused-ring (bicyclic) bond motifs is 1. The van der Waals surface area contributed by atoms with Gasteiger partial charge in [-0.3, -0.25) is 0 Å². The molecule has 0 amide bonds. The molecule has 3 nitrogen and oxygen atoms in total. The summed E-state index contributed by atoms with van der Waals surface area (Å²) < 4.78 is 0.672. The normalized spacial score (nSPS) is 22.8. The number of anilines is 1. The van der Waals surface area contributed by atoms with Crippen molar-refractivity contribution in [3.63, 3.8) is 0 Å². The van der Waals surface area contributed by atoms with Gasteiger partial charge in [-0.05, 0) is 0 Å². The zero-order valence-corrected chi connectivity index (χ0v) is 11.9. The maximum absolute atomic E-state index is 12.7. The molecular formula is C14H14N2OSe. The van der Waals surface area contributed by atoms with Crippen molar-refractivity contribution in [2.24, 2.45) is 0 Å². The number of rotatable bonds is 1. The van der Waals surface area contributed by atoms with Crippen molar-refractivity contribution in [3.05, 3.63) is 46.0 Å². The molecule has 0 fully saturated rings. The van der Waals surface area contributed by atoms with Crippen LogP contribution in [-0.4, -0.2) is 25.3 Å². The van der Waals surface area contributed by atoms with Crippen molar-refractivity contribution >= 4 is 25.0 Å². The van der Waals surface area contributed by atoms with Gasteiger partial charge in [-0.15, -0.1) is 0 Å². The van der Waals surface area contributed by atoms with Crippen molar-refractivity contribution in [1.82, 2.24) is 4.98 Å². The Morgan fingerprint density at radius 3 is 2.89 bits per heavy atom. The Kier molecular flexibility index (Phi) is 2.65. The van der Waals surface area contributed by atoms with Gasteiger partial charge in [-0.2, -0.15) is 0 Å². The number of nitrogens with zero attached hydrogens (tertiary/aromatic N) is 1. The fourth-order valence-corrected chi connectivity index (χ4v) is 4.00. The van der Waals surface area contributed by atoms with Gasteiger partial charge >= 0.3 is 112 Å². The standard InChI is InChI=1S/C14H14N2OSe/c1-14(11-8-18-13(15)16-11)7-6-9-4-2-3-5-10(9)12(14)17/h2-5,8H,6-7H2,1H3,(H2,15,16). The van der Waals surface area contributed by atoms with Crippen LogP contribution in [0.25, 0.3) is 0 Å². The number of aromatic nitrogens is 1. The SMILES string of the molecule is CC1(c2c[se]c(N)n2)CCc2ccccc2C1=O. The molecular weight excluding hydrogens is 291 g/mol. The molecule has 0 bridgehead atoms. The van der Waals surface area contributed by atoms with E-state index in [1.807, 2.05) is 36.1 Å². The average Bonchev–Trinajstić information content (AvgIpc) is 2.82. The van der Waals surface area contributed by atoms with Crippen LogP contribution >= 0.6 is 0 Å². The first-order valence-electron chi connectivity index (χ1n) is 5.95. The van der Waals surface area contributed by atoms with Crippen molar-refractivity contribution in [1.29, 1.82) is 0 Å². The fraction of sp³-hybridized carbons (Fsp3) is 0.286. The quantitative estimate of drug-likeness (QED) is 0.818. The zero-order valence-electron chi connectivity index (χ0n) is 10.1. The molecule has 0 radical (unpaired) electrons. The van der Waals surface area contributed by atoms with Crippen LogP contribution in [-0.2, 0) is 11.8 Å². The molecule has 92 valence electrons. The minimum atomic E-state index is -0.489. The molecule has 4 heteroatoms. The molecule has 1 heterocycles. The van der Waals surface area contributed by atoms with Crippen LogP contribution in [0.1, 0.15) is 35.0 Å². The summed E-state index contributed by atoms with van der Waals surface area (Å²) in [5.41, 5.74) is 8.13. The van der Waals surface area contributed by atoms with Gasteiger partial charge in [-0.25, -0.2) is 0 Å². The number of ketones is 1. The molecule has 0 spiro atoms. The molecule has 0 saturated carbocycles. The van der Waals surface area contributed by atoms with Crippen LogP contribution in [0, 0.1) is 0 Å². The van der Waals surface area contributed by atoms with E-state index in [0.717, 1.165) is 29.7 Å². The van der Waals surface area contributed by atoms with Crippen LogP contribution in [0.15, 0.2) is 29.2 Å². The van der Waals surface area contributed by atoms with Gasteiger partial charge in [0.25, 0.3) is 0 Å². The summed E-state index contributed by atoms with van der Waals surface area (Å²) in [4.78, 5) is 19.1. The zero-order chi connectivity index (χ0) is 12.8. The van der Waals surface area contributed by atoms with Crippen LogP contribution in [0.3, 0.4) is 0 Å². The van der Waals surface area contributed by atoms with Crippen LogP contribution in [0.4, 0.5) is 4.69 Å². The number of nitrogen functional groups attached to an aromatic ring is 1. The number of carbonyl (C=O) groups is 1. The monoisotopic (exact) mass is 306 g/mol. The number of nitrogens with two attached hydrogens (primary N) is 1. The molecule has 1 aliphatic rings. The molecule has 1 atom stereocenters. The van der Waals surface area contributed by atoms with Crippen LogP contribution in [0.2, 0.25) is 0 Å². The predicted molar refractivity (Wildman–Crippen MR) is 72.0 cm³/mol. The first-order chi connectivity index (χ1) is 8.61. The topological polar surface area (TPSA) is 56.0 Å². The van der Waals surface area contributed by atoms with Gasteiger partial charge in [0.05, 0.1) is 0 Å².